The predicted octanol–water partition coefficient (Wildman–Crippen LogP) is 2.15. The van der Waals surface area contributed by atoms with Gasteiger partial charge in [-0.2, -0.15) is 11.8 Å². The number of aliphatic hydroxyl groups excluding tert-OH is 1. The molecular formula is C17H35IN4OS. The molecule has 5 nitrogen and oxygen atoms in total. The quantitative estimate of drug-likeness (QED) is 0.327. The van der Waals surface area contributed by atoms with E-state index in [0.717, 1.165) is 38.3 Å². The number of hydrogen-bond donors (Lipinski definition) is 3. The van der Waals surface area contributed by atoms with Crippen molar-refractivity contribution in [3.05, 3.63) is 0 Å². The number of rotatable bonds is 5. The fourth-order valence-electron chi connectivity index (χ4n) is 3.59. The van der Waals surface area contributed by atoms with Crippen molar-refractivity contribution in [3.63, 3.8) is 0 Å². The van der Waals surface area contributed by atoms with Crippen molar-refractivity contribution in [2.75, 3.05) is 45.7 Å². The molecule has 0 aromatic carbocycles. The van der Waals surface area contributed by atoms with Gasteiger partial charge in [0.15, 0.2) is 5.96 Å². The van der Waals surface area contributed by atoms with E-state index in [2.05, 4.69) is 41.5 Å². The van der Waals surface area contributed by atoms with Crippen molar-refractivity contribution in [2.45, 2.75) is 50.7 Å². The molecular weight excluding hydrogens is 435 g/mol. The average molecular weight is 470 g/mol. The minimum absolute atomic E-state index is 0. The normalized spacial score (nSPS) is 34.1. The molecule has 24 heavy (non-hydrogen) atoms. The van der Waals surface area contributed by atoms with Gasteiger partial charge in [0.1, 0.15) is 0 Å². The van der Waals surface area contributed by atoms with Gasteiger partial charge in [-0.1, -0.05) is 19.8 Å². The Morgan fingerprint density at radius 3 is 2.50 bits per heavy atom. The molecule has 0 amide bonds. The summed E-state index contributed by atoms with van der Waals surface area (Å²) in [4.78, 5) is 6.71. The largest absolute Gasteiger partial charge is 0.392 e. The average Bonchev–Trinajstić information content (AvgIpc) is 3.01. The first-order valence-corrected chi connectivity index (χ1v) is 9.95. The van der Waals surface area contributed by atoms with Crippen molar-refractivity contribution in [1.29, 1.82) is 0 Å². The summed E-state index contributed by atoms with van der Waals surface area (Å²) in [7, 11) is 6.16. The Morgan fingerprint density at radius 1 is 1.25 bits per heavy atom. The molecule has 1 saturated carbocycles. The lowest BCUT2D eigenvalue weighted by atomic mass is 9.73. The number of likely N-dealkylation sites (N-methyl/N-ethyl adjacent to an activating group) is 1. The summed E-state index contributed by atoms with van der Waals surface area (Å²) in [6.45, 7) is 3.87. The Morgan fingerprint density at radius 2 is 1.96 bits per heavy atom. The number of hydrogen-bond acceptors (Lipinski definition) is 4. The van der Waals surface area contributed by atoms with Gasteiger partial charge < -0.3 is 20.6 Å². The molecule has 7 heteroatoms. The van der Waals surface area contributed by atoms with Gasteiger partial charge in [0, 0.05) is 36.8 Å². The lowest BCUT2D eigenvalue weighted by Gasteiger charge is -2.39. The third-order valence-electron chi connectivity index (χ3n) is 5.78. The lowest BCUT2D eigenvalue weighted by molar-refractivity contribution is 0.00395. The maximum atomic E-state index is 10.3. The van der Waals surface area contributed by atoms with Crippen LogP contribution in [0.4, 0.5) is 0 Å². The Balaban J connectivity index is 0.00000288. The first-order valence-electron chi connectivity index (χ1n) is 8.80. The Kier molecular flexibility index (Phi) is 9.14. The van der Waals surface area contributed by atoms with E-state index in [-0.39, 0.29) is 41.0 Å². The highest BCUT2D eigenvalue weighted by Gasteiger charge is 2.37. The maximum Gasteiger partial charge on any atom is 0.191 e. The number of nitrogens with one attached hydrogen (secondary N) is 2. The molecule has 3 unspecified atom stereocenters. The van der Waals surface area contributed by atoms with Crippen molar-refractivity contribution < 1.29 is 5.11 Å². The molecule has 2 rings (SSSR count). The Labute approximate surface area is 168 Å². The van der Waals surface area contributed by atoms with Crippen LogP contribution in [0.1, 0.15) is 39.0 Å². The second-order valence-electron chi connectivity index (χ2n) is 7.62. The van der Waals surface area contributed by atoms with Crippen molar-refractivity contribution in [2.24, 2.45) is 10.4 Å². The number of halogens is 1. The summed E-state index contributed by atoms with van der Waals surface area (Å²) in [5, 5.41) is 17.3. The van der Waals surface area contributed by atoms with Crippen LogP contribution < -0.4 is 10.6 Å². The summed E-state index contributed by atoms with van der Waals surface area (Å²) in [6, 6.07) is 0. The molecule has 1 aliphatic carbocycles. The van der Waals surface area contributed by atoms with Crippen molar-refractivity contribution in [3.8, 4) is 0 Å². The van der Waals surface area contributed by atoms with E-state index in [1.54, 1.807) is 0 Å². The van der Waals surface area contributed by atoms with E-state index >= 15 is 0 Å². The molecule has 0 radical (unpaired) electrons. The second kappa shape index (κ2) is 9.83. The highest BCUT2D eigenvalue weighted by Crippen LogP contribution is 2.35. The van der Waals surface area contributed by atoms with Crippen LogP contribution in [0.3, 0.4) is 0 Å². The molecule has 142 valence electrons. The molecule has 0 bridgehead atoms. The SMILES string of the molecule is CN=C(NCC1(C)CCCCC1O)NCC1(N(C)C)CCSC1.I. The van der Waals surface area contributed by atoms with Crippen LogP contribution in [0.15, 0.2) is 4.99 Å². The van der Waals surface area contributed by atoms with E-state index in [1.807, 2.05) is 18.8 Å². The van der Waals surface area contributed by atoms with Crippen LogP contribution in [-0.4, -0.2) is 73.3 Å². The third-order valence-corrected chi connectivity index (χ3v) is 7.01. The maximum absolute atomic E-state index is 10.3. The molecule has 3 atom stereocenters. The Hall–Kier alpha value is 0.270. The van der Waals surface area contributed by atoms with E-state index in [0.29, 0.717) is 0 Å². The fourth-order valence-corrected chi connectivity index (χ4v) is 5.14. The van der Waals surface area contributed by atoms with Gasteiger partial charge in [-0.05, 0) is 39.1 Å². The molecule has 2 aliphatic rings. The molecule has 3 N–H and O–H groups in total. The number of nitrogens with zero attached hydrogens (tertiary/aromatic N) is 2. The first-order chi connectivity index (χ1) is 10.9. The summed E-state index contributed by atoms with van der Waals surface area (Å²) in [5.41, 5.74) is 0.175. The van der Waals surface area contributed by atoms with Crippen LogP contribution in [-0.2, 0) is 0 Å². The summed E-state index contributed by atoms with van der Waals surface area (Å²) < 4.78 is 0. The third kappa shape index (κ3) is 5.38. The van der Waals surface area contributed by atoms with E-state index in [4.69, 9.17) is 0 Å². The number of guanidine groups is 1. The van der Waals surface area contributed by atoms with Gasteiger partial charge in [0.25, 0.3) is 0 Å². The second-order valence-corrected chi connectivity index (χ2v) is 8.72. The highest BCUT2D eigenvalue weighted by atomic mass is 127. The highest BCUT2D eigenvalue weighted by molar-refractivity contribution is 14.0. The van der Waals surface area contributed by atoms with Gasteiger partial charge in [-0.3, -0.25) is 4.99 Å². The van der Waals surface area contributed by atoms with Crippen LogP contribution in [0.2, 0.25) is 0 Å². The summed E-state index contributed by atoms with van der Waals surface area (Å²) >= 11 is 2.03. The van der Waals surface area contributed by atoms with Crippen LogP contribution >= 0.6 is 35.7 Å². The molecule has 1 saturated heterocycles. The minimum Gasteiger partial charge on any atom is -0.392 e. The monoisotopic (exact) mass is 470 g/mol. The topological polar surface area (TPSA) is 59.9 Å². The lowest BCUT2D eigenvalue weighted by Crippen LogP contribution is -2.56. The zero-order valence-corrected chi connectivity index (χ0v) is 18.7. The van der Waals surface area contributed by atoms with Crippen LogP contribution in [0, 0.1) is 5.41 Å². The molecule has 1 aliphatic heterocycles. The van der Waals surface area contributed by atoms with Gasteiger partial charge in [0.2, 0.25) is 0 Å². The van der Waals surface area contributed by atoms with Gasteiger partial charge in [0.05, 0.1) is 6.10 Å². The molecule has 1 heterocycles. The smallest absolute Gasteiger partial charge is 0.191 e. The minimum atomic E-state index is -0.207. The van der Waals surface area contributed by atoms with Gasteiger partial charge >= 0.3 is 0 Å². The van der Waals surface area contributed by atoms with Crippen LogP contribution in [0.5, 0.6) is 0 Å². The fraction of sp³-hybridized carbons (Fsp3) is 0.941. The number of thioether (sulfide) groups is 1. The first kappa shape index (κ1) is 22.3. The molecule has 0 spiro atoms. The van der Waals surface area contributed by atoms with E-state index < -0.39 is 0 Å². The van der Waals surface area contributed by atoms with E-state index in [1.165, 1.54) is 24.3 Å². The Bertz CT molecular complexity index is 415. The summed E-state index contributed by atoms with van der Waals surface area (Å²) in [6.07, 6.45) is 5.36. The molecule has 2 fully saturated rings. The van der Waals surface area contributed by atoms with E-state index in [9.17, 15) is 5.11 Å². The van der Waals surface area contributed by atoms with Gasteiger partial charge in [-0.15, -0.1) is 24.0 Å². The predicted molar refractivity (Wildman–Crippen MR) is 116 cm³/mol. The molecule has 0 aromatic rings. The van der Waals surface area contributed by atoms with Crippen molar-refractivity contribution >= 4 is 41.7 Å². The summed E-state index contributed by atoms with van der Waals surface area (Å²) in [5.74, 6) is 3.25. The number of aliphatic imine (C=N–C) groups is 1. The standard InChI is InChI=1S/C17H34N4OS.HI/c1-16(8-6-5-7-14(16)22)11-19-15(18-2)20-12-17(21(3)4)9-10-23-13-17;/h14,22H,5-13H2,1-4H3,(H2,18,19,20);1H. The van der Waals surface area contributed by atoms with Crippen molar-refractivity contribution in [1.82, 2.24) is 15.5 Å². The molecule has 0 aromatic heterocycles. The van der Waals surface area contributed by atoms with Crippen LogP contribution in [0.25, 0.3) is 0 Å². The zero-order valence-electron chi connectivity index (χ0n) is 15.6. The van der Waals surface area contributed by atoms with Gasteiger partial charge in [-0.25, -0.2) is 0 Å². The number of aliphatic hydroxyl groups is 1. The zero-order chi connectivity index (χ0) is 16.9.